The maximum atomic E-state index is 11.0. The lowest BCUT2D eigenvalue weighted by atomic mass is 9.80. The molecule has 2 aliphatic rings. The van der Waals surface area contributed by atoms with Gasteiger partial charge in [0, 0.05) is 0 Å². The number of hydrogen-bond donors (Lipinski definition) is 2. The third kappa shape index (κ3) is 9.72. The Balaban J connectivity index is 0.869. The van der Waals surface area contributed by atoms with Crippen molar-refractivity contribution in [3.8, 4) is 11.8 Å². The molecule has 2 aliphatic heterocycles. The molecule has 6 aromatic rings. The summed E-state index contributed by atoms with van der Waals surface area (Å²) in [6.45, 7) is 0.262. The lowest BCUT2D eigenvalue weighted by molar-refractivity contribution is -0.189. The third-order valence-corrected chi connectivity index (χ3v) is 11.1. The van der Waals surface area contributed by atoms with Gasteiger partial charge < -0.3 is 38.6 Å². The first-order valence-electron chi connectivity index (χ1n) is 20.9. The molecule has 0 fully saturated rings. The highest BCUT2D eigenvalue weighted by Crippen LogP contribution is 2.42. The molecule has 2 heterocycles. The topological polar surface area (TPSA) is 95.8 Å². The summed E-state index contributed by atoms with van der Waals surface area (Å²) < 4.78 is 38.1. The molecule has 6 atom stereocenters. The zero-order valence-electron chi connectivity index (χ0n) is 34.3. The normalized spacial score (nSPS) is 21.2. The second kappa shape index (κ2) is 20.7. The minimum Gasteiger partial charge on any atom is -0.386 e. The monoisotopic (exact) mass is 826 g/mol. The second-order valence-electron chi connectivity index (χ2n) is 15.0. The lowest BCUT2D eigenvalue weighted by Gasteiger charge is -2.38. The Morgan fingerprint density at radius 1 is 0.387 bits per heavy atom. The van der Waals surface area contributed by atoms with Crippen molar-refractivity contribution in [3.05, 3.63) is 240 Å². The maximum absolute atomic E-state index is 11.0. The molecule has 0 saturated heterocycles. The fourth-order valence-electron chi connectivity index (χ4n) is 8.02. The van der Waals surface area contributed by atoms with Gasteiger partial charge in [-0.05, 0) is 45.5 Å². The fraction of sp³-hybridized carbons (Fsp3) is 0.222. The molecular formula is C54H50O8. The summed E-state index contributed by atoms with van der Waals surface area (Å²) in [5, 5.41) is 22.0. The van der Waals surface area contributed by atoms with E-state index in [1.807, 2.05) is 109 Å². The van der Waals surface area contributed by atoms with Crippen LogP contribution in [0.2, 0.25) is 0 Å². The van der Waals surface area contributed by atoms with Crippen molar-refractivity contribution in [2.24, 2.45) is 0 Å². The van der Waals surface area contributed by atoms with Crippen LogP contribution >= 0.6 is 0 Å². The van der Waals surface area contributed by atoms with Crippen LogP contribution in [0.5, 0.6) is 0 Å². The second-order valence-corrected chi connectivity index (χ2v) is 15.0. The van der Waals surface area contributed by atoms with Gasteiger partial charge in [-0.3, -0.25) is 0 Å². The van der Waals surface area contributed by atoms with Crippen molar-refractivity contribution in [1.82, 2.24) is 0 Å². The van der Waals surface area contributed by atoms with E-state index in [2.05, 4.69) is 84.6 Å². The number of ether oxygens (including phenoxy) is 6. The SMILES string of the molecule is O[C@H]1C=C[C@@H](OCC#CCO[C@@H]2C=C[C@H](O)[C@@H](COC(c3ccccc3)(c3ccccc3)c3ccccc3)O2)O[C@@H]1COC(c1ccccc1)(c1ccccc1)c1ccccc1. The Hall–Kier alpha value is -5.96. The summed E-state index contributed by atoms with van der Waals surface area (Å²) in [5.41, 5.74) is 3.79. The van der Waals surface area contributed by atoms with E-state index in [1.54, 1.807) is 24.3 Å². The summed E-state index contributed by atoms with van der Waals surface area (Å²) >= 11 is 0. The highest BCUT2D eigenvalue weighted by molar-refractivity contribution is 5.49. The first-order chi connectivity index (χ1) is 30.6. The molecule has 0 unspecified atom stereocenters. The molecule has 2 N–H and O–H groups in total. The summed E-state index contributed by atoms with van der Waals surface area (Å²) in [5.74, 6) is 5.96. The number of rotatable bonds is 16. The molecule has 0 spiro atoms. The van der Waals surface area contributed by atoms with Crippen LogP contribution in [0.15, 0.2) is 206 Å². The molecule has 0 aliphatic carbocycles. The molecule has 314 valence electrons. The molecule has 0 radical (unpaired) electrons. The number of benzene rings is 6. The van der Waals surface area contributed by atoms with Gasteiger partial charge in [0.05, 0.1) is 13.2 Å². The van der Waals surface area contributed by atoms with Gasteiger partial charge in [0.1, 0.15) is 48.8 Å². The smallest absolute Gasteiger partial charge is 0.178 e. The fourth-order valence-corrected chi connectivity index (χ4v) is 8.02. The van der Waals surface area contributed by atoms with Gasteiger partial charge in [-0.2, -0.15) is 0 Å². The summed E-state index contributed by atoms with van der Waals surface area (Å²) in [6.07, 6.45) is 1.96. The first kappa shape index (κ1) is 42.7. The standard InChI is InChI=1S/C54H50O8/c55-47-33-35-51(61-49(47)39-59-53(41-21-7-1-8-22-41,42-23-9-2-10-24-42)43-25-11-3-12-26-43)57-37-19-20-38-58-52-36-34-48(56)50(62-52)40-60-54(44-27-13-4-14-28-44,45-29-15-5-16-30-45)46-31-17-6-18-32-46/h1-18,21-36,47-52,55-56H,37-40H2/t47-,48-,49+,50+,51-,52-/m0/s1. The van der Waals surface area contributed by atoms with E-state index in [-0.39, 0.29) is 26.4 Å². The van der Waals surface area contributed by atoms with Crippen molar-refractivity contribution in [1.29, 1.82) is 0 Å². The van der Waals surface area contributed by atoms with E-state index in [0.717, 1.165) is 33.4 Å². The van der Waals surface area contributed by atoms with Gasteiger partial charge in [-0.1, -0.05) is 206 Å². The van der Waals surface area contributed by atoms with E-state index in [9.17, 15) is 10.2 Å². The van der Waals surface area contributed by atoms with Crippen molar-refractivity contribution < 1.29 is 38.6 Å². The Kier molecular flexibility index (Phi) is 14.3. The van der Waals surface area contributed by atoms with E-state index in [1.165, 1.54) is 0 Å². The minimum atomic E-state index is -0.963. The average molecular weight is 827 g/mol. The largest absolute Gasteiger partial charge is 0.386 e. The van der Waals surface area contributed by atoms with Crippen LogP contribution in [0.1, 0.15) is 33.4 Å². The van der Waals surface area contributed by atoms with Gasteiger partial charge in [0.25, 0.3) is 0 Å². The van der Waals surface area contributed by atoms with Gasteiger partial charge in [0.2, 0.25) is 0 Å². The molecule has 0 aromatic heterocycles. The number of aliphatic hydroxyl groups is 2. The van der Waals surface area contributed by atoms with Crippen LogP contribution in [0.4, 0.5) is 0 Å². The summed E-state index contributed by atoms with van der Waals surface area (Å²) in [6, 6.07) is 60.4. The van der Waals surface area contributed by atoms with E-state index >= 15 is 0 Å². The Morgan fingerprint density at radius 2 is 0.645 bits per heavy atom. The van der Waals surface area contributed by atoms with Crippen LogP contribution in [0.3, 0.4) is 0 Å². The number of hydrogen-bond acceptors (Lipinski definition) is 8. The lowest BCUT2D eigenvalue weighted by Crippen LogP contribution is -2.43. The van der Waals surface area contributed by atoms with Crippen molar-refractivity contribution in [2.75, 3.05) is 26.4 Å². The Morgan fingerprint density at radius 3 is 0.903 bits per heavy atom. The summed E-state index contributed by atoms with van der Waals surface area (Å²) in [4.78, 5) is 0. The van der Waals surface area contributed by atoms with Gasteiger partial charge in [0.15, 0.2) is 12.6 Å². The molecule has 8 heteroatoms. The van der Waals surface area contributed by atoms with Crippen LogP contribution in [0.25, 0.3) is 0 Å². The zero-order chi connectivity index (χ0) is 42.5. The van der Waals surface area contributed by atoms with Crippen molar-refractivity contribution >= 4 is 0 Å². The zero-order valence-corrected chi connectivity index (χ0v) is 34.3. The number of aliphatic hydroxyl groups excluding tert-OH is 2. The molecule has 62 heavy (non-hydrogen) atoms. The molecule has 8 rings (SSSR count). The van der Waals surface area contributed by atoms with Gasteiger partial charge in [-0.25, -0.2) is 0 Å². The minimum absolute atomic E-state index is 0.0567. The molecule has 0 bridgehead atoms. The van der Waals surface area contributed by atoms with E-state index in [0.29, 0.717) is 0 Å². The molecule has 0 amide bonds. The van der Waals surface area contributed by atoms with E-state index < -0.39 is 48.2 Å². The maximum Gasteiger partial charge on any atom is 0.178 e. The molecule has 6 aromatic carbocycles. The predicted molar refractivity (Wildman–Crippen MR) is 238 cm³/mol. The van der Waals surface area contributed by atoms with Crippen LogP contribution in [-0.4, -0.2) is 73.6 Å². The van der Waals surface area contributed by atoms with E-state index in [4.69, 9.17) is 28.4 Å². The van der Waals surface area contributed by atoms with Crippen LogP contribution in [-0.2, 0) is 39.6 Å². The van der Waals surface area contributed by atoms with Crippen LogP contribution < -0.4 is 0 Å². The van der Waals surface area contributed by atoms with Crippen molar-refractivity contribution in [2.45, 2.75) is 48.2 Å². The Labute approximate surface area is 363 Å². The molecule has 0 saturated carbocycles. The third-order valence-electron chi connectivity index (χ3n) is 11.1. The van der Waals surface area contributed by atoms with Crippen molar-refractivity contribution in [3.63, 3.8) is 0 Å². The van der Waals surface area contributed by atoms with Crippen LogP contribution in [0, 0.1) is 11.8 Å². The van der Waals surface area contributed by atoms with Gasteiger partial charge in [-0.15, -0.1) is 0 Å². The molecule has 8 nitrogen and oxygen atoms in total. The predicted octanol–water partition coefficient (Wildman–Crippen LogP) is 8.32. The highest BCUT2D eigenvalue weighted by Gasteiger charge is 2.41. The highest BCUT2D eigenvalue weighted by atomic mass is 16.7. The van der Waals surface area contributed by atoms with Gasteiger partial charge >= 0.3 is 0 Å². The molecular weight excluding hydrogens is 777 g/mol. The first-order valence-corrected chi connectivity index (χ1v) is 20.9. The average Bonchev–Trinajstić information content (AvgIpc) is 3.34. The summed E-state index contributed by atoms with van der Waals surface area (Å²) in [7, 11) is 0. The quantitative estimate of drug-likeness (QED) is 0.0572. The Bertz CT molecular complexity index is 2020.